The zero-order valence-corrected chi connectivity index (χ0v) is 18.0. The van der Waals surface area contributed by atoms with E-state index in [2.05, 4.69) is 4.90 Å². The lowest BCUT2D eigenvalue weighted by Crippen LogP contribution is -2.74. The number of aliphatic hydroxyl groups is 1. The summed E-state index contributed by atoms with van der Waals surface area (Å²) in [5, 5.41) is 22.4. The lowest BCUT2D eigenvalue weighted by molar-refractivity contribution is -0.150. The summed E-state index contributed by atoms with van der Waals surface area (Å²) in [6.45, 7) is 0.857. The number of nitrogens with zero attached hydrogens (tertiary/aromatic N) is 2. The summed E-state index contributed by atoms with van der Waals surface area (Å²) in [5.74, 6) is -0.600. The van der Waals surface area contributed by atoms with Crippen molar-refractivity contribution in [2.24, 2.45) is 11.7 Å². The van der Waals surface area contributed by atoms with Crippen LogP contribution in [0.25, 0.3) is 0 Å². The van der Waals surface area contributed by atoms with Crippen LogP contribution in [0.15, 0.2) is 48.5 Å². The molecule has 1 aliphatic heterocycles. The molecule has 5 atom stereocenters. The lowest BCUT2D eigenvalue weighted by atomic mass is 9.54. The summed E-state index contributed by atoms with van der Waals surface area (Å²) in [6, 6.07) is 13.4. The highest BCUT2D eigenvalue weighted by Crippen LogP contribution is 2.74. The van der Waals surface area contributed by atoms with E-state index in [1.807, 2.05) is 19.2 Å². The number of anilines is 1. The molecule has 2 saturated carbocycles. The lowest BCUT2D eigenvalue weighted by Gasteiger charge is -2.62. The van der Waals surface area contributed by atoms with Crippen molar-refractivity contribution in [3.05, 3.63) is 59.7 Å². The van der Waals surface area contributed by atoms with Gasteiger partial charge in [-0.25, -0.2) is 9.69 Å². The molecular formula is C25H27N3O4. The van der Waals surface area contributed by atoms with Crippen LogP contribution in [-0.2, 0) is 15.6 Å². The number of nitrogens with two attached hydrogens (primary N) is 1. The molecule has 3 amide bonds. The quantitative estimate of drug-likeness (QED) is 0.673. The summed E-state index contributed by atoms with van der Waals surface area (Å²) in [5.41, 5.74) is 6.49. The Bertz CT molecular complexity index is 1150. The van der Waals surface area contributed by atoms with Gasteiger partial charge in [0.2, 0.25) is 5.91 Å². The van der Waals surface area contributed by atoms with Crippen LogP contribution < -0.4 is 10.6 Å². The molecule has 7 heteroatoms. The number of likely N-dealkylation sites (N-methyl/N-ethyl adjacent to an activating group) is 1. The number of phenols is 1. The number of phenolic OH excluding ortho intramolecular Hbond substituents is 1. The zero-order chi connectivity index (χ0) is 22.5. The number of fused-ring (bicyclic) bond motifs is 2. The first-order chi connectivity index (χ1) is 15.2. The number of aromatic hydroxyl groups is 1. The van der Waals surface area contributed by atoms with E-state index in [1.54, 1.807) is 36.4 Å². The Balaban J connectivity index is 1.43. The molecule has 1 saturated heterocycles. The molecule has 2 spiro atoms. The second kappa shape index (κ2) is 6.11. The molecule has 4 N–H and O–H groups in total. The van der Waals surface area contributed by atoms with Crippen molar-refractivity contribution in [2.75, 3.05) is 18.5 Å². The van der Waals surface area contributed by atoms with Crippen molar-refractivity contribution >= 4 is 17.6 Å². The van der Waals surface area contributed by atoms with E-state index >= 15 is 0 Å². The molecule has 4 unspecified atom stereocenters. The third kappa shape index (κ3) is 2.13. The highest BCUT2D eigenvalue weighted by molar-refractivity contribution is 6.14. The Hall–Kier alpha value is -2.90. The van der Waals surface area contributed by atoms with Crippen molar-refractivity contribution in [1.82, 2.24) is 4.90 Å². The van der Waals surface area contributed by atoms with Gasteiger partial charge in [-0.1, -0.05) is 24.3 Å². The van der Waals surface area contributed by atoms with Crippen LogP contribution in [0.2, 0.25) is 0 Å². The molecule has 3 fully saturated rings. The van der Waals surface area contributed by atoms with E-state index in [9.17, 15) is 19.8 Å². The van der Waals surface area contributed by atoms with Gasteiger partial charge in [0, 0.05) is 29.3 Å². The minimum Gasteiger partial charge on any atom is -0.508 e. The number of primary amides is 1. The van der Waals surface area contributed by atoms with Crippen molar-refractivity contribution in [3.63, 3.8) is 0 Å². The van der Waals surface area contributed by atoms with Crippen molar-refractivity contribution in [1.29, 1.82) is 0 Å². The number of urea groups is 1. The normalized spacial score (nSPS) is 36.6. The zero-order valence-electron chi connectivity index (χ0n) is 18.0. The number of amides is 3. The Labute approximate surface area is 186 Å². The van der Waals surface area contributed by atoms with Gasteiger partial charge in [0.25, 0.3) is 0 Å². The smallest absolute Gasteiger partial charge is 0.326 e. The van der Waals surface area contributed by atoms with E-state index in [-0.39, 0.29) is 23.1 Å². The van der Waals surface area contributed by atoms with Crippen molar-refractivity contribution in [2.45, 2.75) is 48.2 Å². The predicted octanol–water partition coefficient (Wildman–Crippen LogP) is 2.24. The van der Waals surface area contributed by atoms with Gasteiger partial charge < -0.3 is 15.9 Å². The van der Waals surface area contributed by atoms with Crippen LogP contribution in [0.5, 0.6) is 5.75 Å². The topological polar surface area (TPSA) is 107 Å². The van der Waals surface area contributed by atoms with Crippen LogP contribution >= 0.6 is 0 Å². The van der Waals surface area contributed by atoms with Gasteiger partial charge in [-0.05, 0) is 68.1 Å². The molecule has 2 aromatic rings. The van der Waals surface area contributed by atoms with E-state index in [0.29, 0.717) is 24.9 Å². The molecule has 2 bridgehead atoms. The van der Waals surface area contributed by atoms with Crippen LogP contribution in [0, 0.1) is 5.92 Å². The van der Waals surface area contributed by atoms with Crippen LogP contribution in [0.1, 0.15) is 36.8 Å². The molecule has 7 nitrogen and oxygen atoms in total. The number of hydrogen-bond donors (Lipinski definition) is 3. The molecule has 4 aliphatic rings. The molecular weight excluding hydrogens is 406 g/mol. The second-order valence-electron chi connectivity index (χ2n) is 10.2. The van der Waals surface area contributed by atoms with Gasteiger partial charge in [0.05, 0.1) is 11.3 Å². The number of likely N-dealkylation sites (tertiary alicyclic amines) is 1. The second-order valence-corrected chi connectivity index (χ2v) is 10.2. The number of para-hydroxylation sites is 1. The third-order valence-corrected chi connectivity index (χ3v) is 8.72. The first kappa shape index (κ1) is 19.8. The van der Waals surface area contributed by atoms with Crippen molar-refractivity contribution in [3.8, 4) is 5.75 Å². The number of hydrogen-bond acceptors (Lipinski definition) is 5. The first-order valence-corrected chi connectivity index (χ1v) is 11.2. The fourth-order valence-corrected chi connectivity index (χ4v) is 7.86. The fraction of sp³-hybridized carbons (Fsp3) is 0.440. The first-order valence-electron chi connectivity index (χ1n) is 11.2. The monoisotopic (exact) mass is 433 g/mol. The van der Waals surface area contributed by atoms with Gasteiger partial charge >= 0.3 is 6.03 Å². The fourth-order valence-electron chi connectivity index (χ4n) is 7.86. The highest BCUT2D eigenvalue weighted by Gasteiger charge is 2.80. The van der Waals surface area contributed by atoms with E-state index in [0.717, 1.165) is 23.4 Å². The van der Waals surface area contributed by atoms with Crippen LogP contribution in [0.4, 0.5) is 10.5 Å². The summed E-state index contributed by atoms with van der Waals surface area (Å²) in [7, 11) is 2.05. The van der Waals surface area contributed by atoms with Gasteiger partial charge in [0.15, 0.2) is 0 Å². The van der Waals surface area contributed by atoms with Crippen LogP contribution in [-0.4, -0.2) is 52.3 Å². The van der Waals surface area contributed by atoms with Gasteiger partial charge in [-0.3, -0.25) is 9.69 Å². The summed E-state index contributed by atoms with van der Waals surface area (Å²) < 4.78 is 0. The van der Waals surface area contributed by atoms with E-state index in [4.69, 9.17) is 5.73 Å². The third-order valence-electron chi connectivity index (χ3n) is 8.72. The molecule has 0 radical (unpaired) electrons. The van der Waals surface area contributed by atoms with Gasteiger partial charge in [-0.2, -0.15) is 0 Å². The number of imide groups is 1. The Morgan fingerprint density at radius 3 is 2.59 bits per heavy atom. The average molecular weight is 434 g/mol. The Kier molecular flexibility index (Phi) is 3.78. The summed E-state index contributed by atoms with van der Waals surface area (Å²) in [4.78, 5) is 29.2. The number of carbonyl (C=O) groups is 2. The van der Waals surface area contributed by atoms with Gasteiger partial charge in [0.1, 0.15) is 5.75 Å². The molecule has 3 aliphatic carbocycles. The highest BCUT2D eigenvalue weighted by atomic mass is 16.3. The SMILES string of the molecule is CN1CC23CC4(C[C@H](C(=O)N(C(N)=O)c5ccccc5)CCC4(O)C12)c1cc(O)ccc13. The van der Waals surface area contributed by atoms with Crippen molar-refractivity contribution < 1.29 is 19.8 Å². The largest absolute Gasteiger partial charge is 0.508 e. The molecule has 0 aromatic heterocycles. The van der Waals surface area contributed by atoms with E-state index in [1.165, 1.54) is 5.56 Å². The Morgan fingerprint density at radius 1 is 1.16 bits per heavy atom. The molecule has 6 rings (SSSR count). The maximum atomic E-state index is 13.6. The molecule has 1 heterocycles. The Morgan fingerprint density at radius 2 is 1.91 bits per heavy atom. The standard InChI is InChI=1S/C25H27N3O4/c1-27-14-23-13-24(19-11-17(29)7-8-18(19)23)12-15(9-10-25(24,32)21(23)27)20(30)28(22(26)31)16-5-3-2-4-6-16/h2-8,11,15,21,29,32H,9-10,12-14H2,1H3,(H2,26,31)/t15-,21?,23?,24?,25?/m1/s1. The maximum Gasteiger partial charge on any atom is 0.326 e. The molecule has 166 valence electrons. The average Bonchev–Trinajstić information content (AvgIpc) is 3.12. The van der Waals surface area contributed by atoms with Crippen LogP contribution in [0.3, 0.4) is 0 Å². The van der Waals surface area contributed by atoms with Gasteiger partial charge in [-0.15, -0.1) is 0 Å². The minimum absolute atomic E-state index is 0.00413. The number of benzene rings is 2. The molecule has 32 heavy (non-hydrogen) atoms. The summed E-state index contributed by atoms with van der Waals surface area (Å²) >= 11 is 0. The van der Waals surface area contributed by atoms with E-state index < -0.39 is 23.0 Å². The number of carbonyl (C=O) groups excluding carboxylic acids is 2. The molecule has 2 aromatic carbocycles. The number of rotatable bonds is 2. The maximum absolute atomic E-state index is 13.6. The minimum atomic E-state index is -0.970. The summed E-state index contributed by atoms with van der Waals surface area (Å²) in [6.07, 6.45) is 2.15. The predicted molar refractivity (Wildman–Crippen MR) is 118 cm³/mol.